The molecule has 3 rings (SSSR count). The number of nitrogens with two attached hydrogens (primary N) is 1. The Morgan fingerprint density at radius 3 is 2.52 bits per heavy atom. The van der Waals surface area contributed by atoms with Gasteiger partial charge in [0.05, 0.1) is 11.4 Å². The number of ether oxygens (including phenoxy) is 1. The summed E-state index contributed by atoms with van der Waals surface area (Å²) < 4.78 is 6.94. The normalized spacial score (nSPS) is 14.5. The Balaban J connectivity index is 1.98. The molecule has 0 aliphatic carbocycles. The molecule has 0 fully saturated rings. The van der Waals surface area contributed by atoms with E-state index in [1.807, 2.05) is 61.7 Å². The summed E-state index contributed by atoms with van der Waals surface area (Å²) >= 11 is 0. The van der Waals surface area contributed by atoms with Crippen LogP contribution in [0.15, 0.2) is 60.8 Å². The number of methoxy groups -OCH3 is 1. The van der Waals surface area contributed by atoms with Gasteiger partial charge in [0.15, 0.2) is 0 Å². The van der Waals surface area contributed by atoms with Crippen LogP contribution in [0.25, 0.3) is 16.9 Å². The van der Waals surface area contributed by atoms with Gasteiger partial charge < -0.3 is 15.6 Å². The second-order valence-electron chi connectivity index (χ2n) is 6.67. The molecule has 2 aromatic carbocycles. The van der Waals surface area contributed by atoms with Crippen LogP contribution in [0.3, 0.4) is 0 Å². The highest BCUT2D eigenvalue weighted by Gasteiger charge is 2.43. The van der Waals surface area contributed by atoms with E-state index in [2.05, 4.69) is 5.10 Å². The molecule has 0 aliphatic heterocycles. The number of carboxylic acid groups (broad SMARTS) is 1. The number of hydrogen-bond acceptors (Lipinski definition) is 4. The number of carboxylic acids is 1. The smallest absolute Gasteiger partial charge is 0.317 e. The third-order valence-electron chi connectivity index (χ3n) is 4.96. The molecule has 0 aliphatic rings. The zero-order valence-corrected chi connectivity index (χ0v) is 15.6. The lowest BCUT2D eigenvalue weighted by Gasteiger charge is -2.32. The number of para-hydroxylation sites is 1. The molecule has 0 saturated heterocycles. The molecular formula is C21H23N3O3. The van der Waals surface area contributed by atoms with Gasteiger partial charge in [0.25, 0.3) is 0 Å². The SMILES string of the molecule is COC(N)C(C)(C(=O)O)c1ccc(-c2ccn(-c3ccccc3)n2)cc1C. The first-order valence-corrected chi connectivity index (χ1v) is 8.62. The van der Waals surface area contributed by atoms with Gasteiger partial charge in [-0.25, -0.2) is 4.68 Å². The number of carbonyl (C=O) groups is 1. The van der Waals surface area contributed by atoms with E-state index in [0.29, 0.717) is 5.56 Å². The molecular weight excluding hydrogens is 342 g/mol. The number of hydrogen-bond donors (Lipinski definition) is 2. The van der Waals surface area contributed by atoms with Gasteiger partial charge in [-0.15, -0.1) is 0 Å². The van der Waals surface area contributed by atoms with Crippen LogP contribution in [0, 0.1) is 6.92 Å². The Morgan fingerprint density at radius 2 is 1.93 bits per heavy atom. The number of aryl methyl sites for hydroxylation is 1. The molecule has 3 aromatic rings. The van der Waals surface area contributed by atoms with Crippen molar-refractivity contribution in [1.29, 1.82) is 0 Å². The Hall–Kier alpha value is -2.96. The summed E-state index contributed by atoms with van der Waals surface area (Å²) in [6.07, 6.45) is 0.938. The van der Waals surface area contributed by atoms with Crippen LogP contribution in [-0.2, 0) is 14.9 Å². The molecule has 1 aromatic heterocycles. The summed E-state index contributed by atoms with van der Waals surface area (Å²) in [6, 6.07) is 17.4. The summed E-state index contributed by atoms with van der Waals surface area (Å²) in [5, 5.41) is 14.4. The fourth-order valence-electron chi connectivity index (χ4n) is 3.23. The maximum atomic E-state index is 11.9. The number of benzene rings is 2. The molecule has 2 atom stereocenters. The van der Waals surface area contributed by atoms with Crippen molar-refractivity contribution in [3.8, 4) is 16.9 Å². The lowest BCUT2D eigenvalue weighted by Crippen LogP contribution is -2.50. The number of aliphatic carboxylic acids is 1. The molecule has 0 saturated carbocycles. The van der Waals surface area contributed by atoms with Crippen molar-refractivity contribution in [2.24, 2.45) is 5.73 Å². The Bertz CT molecular complexity index is 952. The Kier molecular flexibility index (Phi) is 5.12. The summed E-state index contributed by atoms with van der Waals surface area (Å²) in [5.41, 5.74) is 8.73. The standard InChI is InChI=1S/C21H23N3O3/c1-14-13-15(9-10-17(14)21(2,20(25)26)19(22)27-3)18-11-12-24(23-18)16-7-5-4-6-8-16/h4-13,19H,22H2,1-3H3,(H,25,26). The molecule has 0 bridgehead atoms. The van der Waals surface area contributed by atoms with Gasteiger partial charge in [0.1, 0.15) is 11.6 Å². The first-order valence-electron chi connectivity index (χ1n) is 8.62. The average Bonchev–Trinajstić information content (AvgIpc) is 3.17. The Morgan fingerprint density at radius 1 is 1.22 bits per heavy atom. The van der Waals surface area contributed by atoms with Crippen molar-refractivity contribution in [1.82, 2.24) is 9.78 Å². The van der Waals surface area contributed by atoms with E-state index in [0.717, 1.165) is 22.5 Å². The molecule has 3 N–H and O–H groups in total. The highest BCUT2D eigenvalue weighted by atomic mass is 16.5. The van der Waals surface area contributed by atoms with Gasteiger partial charge in [-0.3, -0.25) is 4.79 Å². The molecule has 6 heteroatoms. The van der Waals surface area contributed by atoms with E-state index in [-0.39, 0.29) is 0 Å². The number of nitrogens with zero attached hydrogens (tertiary/aromatic N) is 2. The first-order chi connectivity index (χ1) is 12.9. The van der Waals surface area contributed by atoms with Gasteiger partial charge in [0, 0.05) is 18.9 Å². The highest BCUT2D eigenvalue weighted by Crippen LogP contribution is 2.32. The summed E-state index contributed by atoms with van der Waals surface area (Å²) in [5.74, 6) is -1.03. The third kappa shape index (κ3) is 3.37. The van der Waals surface area contributed by atoms with E-state index in [1.54, 1.807) is 17.7 Å². The molecule has 0 radical (unpaired) electrons. The molecule has 0 amide bonds. The van der Waals surface area contributed by atoms with Gasteiger partial charge >= 0.3 is 5.97 Å². The molecule has 1 heterocycles. The van der Waals surface area contributed by atoms with Crippen molar-refractivity contribution in [3.05, 3.63) is 71.9 Å². The third-order valence-corrected chi connectivity index (χ3v) is 4.96. The minimum absolute atomic E-state index is 0.621. The van der Waals surface area contributed by atoms with E-state index < -0.39 is 17.6 Å². The fourth-order valence-corrected chi connectivity index (χ4v) is 3.23. The van der Waals surface area contributed by atoms with Crippen LogP contribution < -0.4 is 5.73 Å². The predicted octanol–water partition coefficient (Wildman–Crippen LogP) is 3.12. The second-order valence-corrected chi connectivity index (χ2v) is 6.67. The van der Waals surface area contributed by atoms with E-state index in [1.165, 1.54) is 7.11 Å². The van der Waals surface area contributed by atoms with E-state index in [4.69, 9.17) is 10.5 Å². The van der Waals surface area contributed by atoms with Crippen molar-refractivity contribution >= 4 is 5.97 Å². The van der Waals surface area contributed by atoms with Crippen LogP contribution >= 0.6 is 0 Å². The summed E-state index contributed by atoms with van der Waals surface area (Å²) in [4.78, 5) is 11.9. The molecule has 27 heavy (non-hydrogen) atoms. The summed E-state index contributed by atoms with van der Waals surface area (Å²) in [7, 11) is 1.41. The zero-order valence-electron chi connectivity index (χ0n) is 15.6. The maximum absolute atomic E-state index is 11.9. The Labute approximate surface area is 158 Å². The quantitative estimate of drug-likeness (QED) is 0.655. The number of aromatic nitrogens is 2. The van der Waals surface area contributed by atoms with Crippen LogP contribution in [0.2, 0.25) is 0 Å². The maximum Gasteiger partial charge on any atom is 0.317 e. The minimum Gasteiger partial charge on any atom is -0.480 e. The van der Waals surface area contributed by atoms with Crippen LogP contribution in [0.4, 0.5) is 0 Å². The van der Waals surface area contributed by atoms with Crippen molar-refractivity contribution < 1.29 is 14.6 Å². The lowest BCUT2D eigenvalue weighted by molar-refractivity contribution is -0.148. The van der Waals surface area contributed by atoms with Crippen LogP contribution in [-0.4, -0.2) is 34.2 Å². The van der Waals surface area contributed by atoms with Crippen molar-refractivity contribution in [2.45, 2.75) is 25.5 Å². The van der Waals surface area contributed by atoms with Gasteiger partial charge in [-0.2, -0.15) is 5.10 Å². The largest absolute Gasteiger partial charge is 0.480 e. The topological polar surface area (TPSA) is 90.4 Å². The molecule has 2 unspecified atom stereocenters. The number of rotatable bonds is 6. The summed E-state index contributed by atoms with van der Waals surface area (Å²) in [6.45, 7) is 3.45. The molecule has 140 valence electrons. The van der Waals surface area contributed by atoms with Crippen LogP contribution in [0.1, 0.15) is 18.1 Å². The van der Waals surface area contributed by atoms with E-state index in [9.17, 15) is 9.90 Å². The van der Waals surface area contributed by atoms with Gasteiger partial charge in [-0.1, -0.05) is 30.3 Å². The minimum atomic E-state index is -1.35. The predicted molar refractivity (Wildman–Crippen MR) is 104 cm³/mol. The zero-order chi connectivity index (χ0) is 19.6. The molecule has 6 nitrogen and oxygen atoms in total. The average molecular weight is 365 g/mol. The molecule has 0 spiro atoms. The fraction of sp³-hybridized carbons (Fsp3) is 0.238. The first kappa shape index (κ1) is 18.8. The lowest BCUT2D eigenvalue weighted by atomic mass is 9.78. The highest BCUT2D eigenvalue weighted by molar-refractivity contribution is 5.82. The van der Waals surface area contributed by atoms with E-state index >= 15 is 0 Å². The van der Waals surface area contributed by atoms with Crippen molar-refractivity contribution in [2.75, 3.05) is 7.11 Å². The second kappa shape index (κ2) is 7.34. The van der Waals surface area contributed by atoms with Crippen LogP contribution in [0.5, 0.6) is 0 Å². The van der Waals surface area contributed by atoms with Crippen molar-refractivity contribution in [3.63, 3.8) is 0 Å². The van der Waals surface area contributed by atoms with Gasteiger partial charge in [0.2, 0.25) is 0 Å². The monoisotopic (exact) mass is 365 g/mol. The van der Waals surface area contributed by atoms with Gasteiger partial charge in [-0.05, 0) is 49.2 Å².